The minimum Gasteiger partial charge on any atom is -0.508 e. The number of nitrogens with two attached hydrogens (primary N) is 1. The Labute approximate surface area is 111 Å². The molecule has 0 bridgehead atoms. The van der Waals surface area contributed by atoms with E-state index in [1.165, 1.54) is 0 Å². The Morgan fingerprint density at radius 3 is 2.79 bits per heavy atom. The van der Waals surface area contributed by atoms with Crippen molar-refractivity contribution in [2.24, 2.45) is 5.73 Å². The highest BCUT2D eigenvalue weighted by Gasteiger charge is 2.18. The SMILES string of the molecule is Cc1[nH]c2cc(O)ccc2c1C(=O)NCC(C)(C)N. The largest absolute Gasteiger partial charge is 0.508 e. The van der Waals surface area contributed by atoms with Gasteiger partial charge in [-0.3, -0.25) is 4.79 Å². The van der Waals surface area contributed by atoms with E-state index in [2.05, 4.69) is 10.3 Å². The molecule has 5 heteroatoms. The molecular formula is C14H19N3O2. The van der Waals surface area contributed by atoms with Gasteiger partial charge in [0, 0.05) is 29.2 Å². The number of H-pyrrole nitrogens is 1. The van der Waals surface area contributed by atoms with Gasteiger partial charge in [-0.15, -0.1) is 0 Å². The first kappa shape index (κ1) is 13.4. The Morgan fingerprint density at radius 2 is 2.16 bits per heavy atom. The number of rotatable bonds is 3. The van der Waals surface area contributed by atoms with E-state index in [1.54, 1.807) is 18.2 Å². The van der Waals surface area contributed by atoms with Crippen molar-refractivity contribution in [2.45, 2.75) is 26.3 Å². The van der Waals surface area contributed by atoms with Crippen LogP contribution >= 0.6 is 0 Å². The van der Waals surface area contributed by atoms with Crippen LogP contribution in [0, 0.1) is 6.92 Å². The second-order valence-electron chi connectivity index (χ2n) is 5.53. The van der Waals surface area contributed by atoms with E-state index in [4.69, 9.17) is 5.73 Å². The Hall–Kier alpha value is -2.01. The van der Waals surface area contributed by atoms with Gasteiger partial charge in [-0.05, 0) is 32.9 Å². The van der Waals surface area contributed by atoms with Gasteiger partial charge in [-0.1, -0.05) is 0 Å². The van der Waals surface area contributed by atoms with Crippen molar-refractivity contribution in [3.63, 3.8) is 0 Å². The van der Waals surface area contributed by atoms with Crippen LogP contribution in [0.4, 0.5) is 0 Å². The smallest absolute Gasteiger partial charge is 0.253 e. The molecule has 0 aliphatic carbocycles. The molecule has 1 aromatic heterocycles. The topological polar surface area (TPSA) is 91.1 Å². The van der Waals surface area contributed by atoms with Gasteiger partial charge >= 0.3 is 0 Å². The Bertz CT molecular complexity index is 623. The van der Waals surface area contributed by atoms with Crippen LogP contribution in [0.15, 0.2) is 18.2 Å². The fourth-order valence-electron chi connectivity index (χ4n) is 2.01. The number of fused-ring (bicyclic) bond motifs is 1. The molecule has 1 heterocycles. The number of benzene rings is 1. The van der Waals surface area contributed by atoms with Gasteiger partial charge in [0.2, 0.25) is 0 Å². The number of aromatic amines is 1. The van der Waals surface area contributed by atoms with E-state index in [1.807, 2.05) is 20.8 Å². The highest BCUT2D eigenvalue weighted by Crippen LogP contribution is 2.25. The lowest BCUT2D eigenvalue weighted by atomic mass is 10.1. The molecular weight excluding hydrogens is 242 g/mol. The normalized spacial score (nSPS) is 11.8. The zero-order valence-electron chi connectivity index (χ0n) is 11.4. The van der Waals surface area contributed by atoms with Gasteiger partial charge in [0.1, 0.15) is 5.75 Å². The zero-order chi connectivity index (χ0) is 14.2. The first-order chi connectivity index (χ1) is 8.78. The fourth-order valence-corrected chi connectivity index (χ4v) is 2.01. The maximum absolute atomic E-state index is 12.2. The highest BCUT2D eigenvalue weighted by atomic mass is 16.3. The summed E-state index contributed by atoms with van der Waals surface area (Å²) in [4.78, 5) is 15.3. The van der Waals surface area contributed by atoms with E-state index in [0.717, 1.165) is 16.6 Å². The molecule has 5 nitrogen and oxygen atoms in total. The molecule has 0 radical (unpaired) electrons. The van der Waals surface area contributed by atoms with Gasteiger partial charge in [0.15, 0.2) is 0 Å². The molecule has 0 fully saturated rings. The van der Waals surface area contributed by atoms with Gasteiger partial charge in [-0.25, -0.2) is 0 Å². The number of aryl methyl sites for hydroxylation is 1. The predicted octanol–water partition coefficient (Wildman–Crippen LogP) is 1.65. The van der Waals surface area contributed by atoms with Crippen molar-refractivity contribution in [3.05, 3.63) is 29.5 Å². The van der Waals surface area contributed by atoms with Crippen LogP contribution in [-0.2, 0) is 0 Å². The molecule has 0 atom stereocenters. The summed E-state index contributed by atoms with van der Waals surface area (Å²) in [6.45, 7) is 5.94. The molecule has 19 heavy (non-hydrogen) atoms. The number of aromatic hydroxyl groups is 1. The first-order valence-electron chi connectivity index (χ1n) is 6.16. The van der Waals surface area contributed by atoms with Crippen LogP contribution in [0.3, 0.4) is 0 Å². The van der Waals surface area contributed by atoms with Crippen molar-refractivity contribution < 1.29 is 9.90 Å². The van der Waals surface area contributed by atoms with Crippen LogP contribution in [0.5, 0.6) is 5.75 Å². The maximum Gasteiger partial charge on any atom is 0.253 e. The van der Waals surface area contributed by atoms with E-state index < -0.39 is 5.54 Å². The number of amides is 1. The molecule has 1 amide bonds. The van der Waals surface area contributed by atoms with E-state index in [0.29, 0.717) is 12.1 Å². The van der Waals surface area contributed by atoms with Gasteiger partial charge < -0.3 is 21.1 Å². The number of aromatic nitrogens is 1. The summed E-state index contributed by atoms with van der Waals surface area (Å²) < 4.78 is 0. The van der Waals surface area contributed by atoms with Crippen molar-refractivity contribution in [2.75, 3.05) is 6.54 Å². The molecule has 102 valence electrons. The average Bonchev–Trinajstić information content (AvgIpc) is 2.60. The molecule has 0 saturated carbocycles. The minimum absolute atomic E-state index is 0.159. The number of carbonyl (C=O) groups excluding carboxylic acids is 1. The number of phenols is 1. The fraction of sp³-hybridized carbons (Fsp3) is 0.357. The summed E-state index contributed by atoms with van der Waals surface area (Å²) in [5.41, 5.74) is 7.51. The van der Waals surface area contributed by atoms with Crippen molar-refractivity contribution in [1.29, 1.82) is 0 Å². The van der Waals surface area contributed by atoms with E-state index in [-0.39, 0.29) is 11.7 Å². The summed E-state index contributed by atoms with van der Waals surface area (Å²) >= 11 is 0. The molecule has 0 saturated heterocycles. The minimum atomic E-state index is -0.450. The number of hydrogen-bond donors (Lipinski definition) is 4. The first-order valence-corrected chi connectivity index (χ1v) is 6.16. The third-order valence-corrected chi connectivity index (χ3v) is 2.90. The molecule has 0 aliphatic heterocycles. The van der Waals surface area contributed by atoms with Crippen molar-refractivity contribution in [3.8, 4) is 5.75 Å². The van der Waals surface area contributed by atoms with Crippen molar-refractivity contribution in [1.82, 2.24) is 10.3 Å². The number of hydrogen-bond acceptors (Lipinski definition) is 3. The quantitative estimate of drug-likeness (QED) is 0.677. The molecule has 2 rings (SSSR count). The zero-order valence-corrected chi connectivity index (χ0v) is 11.4. The predicted molar refractivity (Wildman–Crippen MR) is 75.3 cm³/mol. The number of nitrogens with one attached hydrogen (secondary N) is 2. The van der Waals surface area contributed by atoms with Crippen LogP contribution in [0.1, 0.15) is 29.9 Å². The van der Waals surface area contributed by atoms with Crippen molar-refractivity contribution >= 4 is 16.8 Å². The van der Waals surface area contributed by atoms with Crippen LogP contribution < -0.4 is 11.1 Å². The summed E-state index contributed by atoms with van der Waals surface area (Å²) in [7, 11) is 0. The Balaban J connectivity index is 2.34. The Kier molecular flexibility index (Phi) is 3.24. The van der Waals surface area contributed by atoms with Gasteiger partial charge in [-0.2, -0.15) is 0 Å². The van der Waals surface area contributed by atoms with E-state index in [9.17, 15) is 9.90 Å². The summed E-state index contributed by atoms with van der Waals surface area (Å²) in [5, 5.41) is 13.1. The number of carbonyl (C=O) groups is 1. The van der Waals surface area contributed by atoms with Gasteiger partial charge in [0.05, 0.1) is 11.1 Å². The maximum atomic E-state index is 12.2. The van der Waals surface area contributed by atoms with Crippen LogP contribution in [0.2, 0.25) is 0 Å². The molecule has 2 aromatic rings. The molecule has 0 spiro atoms. The highest BCUT2D eigenvalue weighted by molar-refractivity contribution is 6.08. The van der Waals surface area contributed by atoms with E-state index >= 15 is 0 Å². The third-order valence-electron chi connectivity index (χ3n) is 2.90. The summed E-state index contributed by atoms with van der Waals surface area (Å²) in [5.74, 6) is 0.0109. The van der Waals surface area contributed by atoms with Gasteiger partial charge in [0.25, 0.3) is 5.91 Å². The average molecular weight is 261 g/mol. The molecule has 5 N–H and O–H groups in total. The second kappa shape index (κ2) is 4.59. The molecule has 0 unspecified atom stereocenters. The standard InChI is InChI=1S/C14H19N3O2/c1-8-12(13(19)16-7-14(2,3)15)10-5-4-9(18)6-11(10)17-8/h4-6,17-18H,7,15H2,1-3H3,(H,16,19). The van der Waals surface area contributed by atoms with Crippen LogP contribution in [0.25, 0.3) is 10.9 Å². The lowest BCUT2D eigenvalue weighted by Gasteiger charge is -2.18. The Morgan fingerprint density at radius 1 is 1.47 bits per heavy atom. The lowest BCUT2D eigenvalue weighted by molar-refractivity contribution is 0.0947. The number of phenolic OH excluding ortho intramolecular Hbond substituents is 1. The third kappa shape index (κ3) is 2.88. The molecule has 1 aromatic carbocycles. The van der Waals surface area contributed by atoms with Crippen LogP contribution in [-0.4, -0.2) is 28.1 Å². The monoisotopic (exact) mass is 261 g/mol. The lowest BCUT2D eigenvalue weighted by Crippen LogP contribution is -2.45. The molecule has 0 aliphatic rings. The summed E-state index contributed by atoms with van der Waals surface area (Å²) in [6, 6.07) is 4.90. The second-order valence-corrected chi connectivity index (χ2v) is 5.53. The summed E-state index contributed by atoms with van der Waals surface area (Å²) in [6.07, 6.45) is 0.